The quantitative estimate of drug-likeness (QED) is 0.709. The van der Waals surface area contributed by atoms with Crippen molar-refractivity contribution in [2.75, 3.05) is 13.1 Å². The first-order valence-corrected chi connectivity index (χ1v) is 5.50. The third-order valence-corrected chi connectivity index (χ3v) is 2.69. The molecule has 1 amide bonds. The summed E-state index contributed by atoms with van der Waals surface area (Å²) in [4.78, 5) is 13.8. The zero-order chi connectivity index (χ0) is 12.1. The van der Waals surface area contributed by atoms with Crippen LogP contribution in [0.3, 0.4) is 0 Å². The van der Waals surface area contributed by atoms with Gasteiger partial charge in [-0.2, -0.15) is 0 Å². The first kappa shape index (κ1) is 12.3. The van der Waals surface area contributed by atoms with Gasteiger partial charge < -0.3 is 4.90 Å². The first-order valence-electron chi connectivity index (χ1n) is 5.50. The molecule has 2 nitrogen and oxygen atoms in total. The average molecular weight is 215 g/mol. The van der Waals surface area contributed by atoms with Crippen LogP contribution in [0.4, 0.5) is 0 Å². The van der Waals surface area contributed by atoms with Gasteiger partial charge in [-0.25, -0.2) is 0 Å². The summed E-state index contributed by atoms with van der Waals surface area (Å²) < 4.78 is 0. The van der Waals surface area contributed by atoms with E-state index in [-0.39, 0.29) is 5.91 Å². The molecule has 1 rings (SSSR count). The Hall–Kier alpha value is -1.75. The zero-order valence-electron chi connectivity index (χ0n) is 10.1. The van der Waals surface area contributed by atoms with Gasteiger partial charge in [0.25, 0.3) is 5.91 Å². The number of nitrogens with zero attached hydrogens (tertiary/aromatic N) is 1. The fourth-order valence-electron chi connectivity index (χ4n) is 1.60. The molecule has 0 N–H and O–H groups in total. The van der Waals surface area contributed by atoms with E-state index in [0.717, 1.165) is 11.1 Å². The van der Waals surface area contributed by atoms with E-state index < -0.39 is 0 Å². The van der Waals surface area contributed by atoms with Crippen LogP contribution in [0.5, 0.6) is 0 Å². The van der Waals surface area contributed by atoms with Gasteiger partial charge >= 0.3 is 0 Å². The highest BCUT2D eigenvalue weighted by molar-refractivity contribution is 5.94. The third-order valence-electron chi connectivity index (χ3n) is 2.69. The summed E-state index contributed by atoms with van der Waals surface area (Å²) in [5.41, 5.74) is 2.49. The molecule has 16 heavy (non-hydrogen) atoms. The molecule has 84 valence electrons. The van der Waals surface area contributed by atoms with E-state index in [0.29, 0.717) is 18.7 Å². The SMILES string of the molecule is C#Cc1cc(C(=O)N(CC)CC)ccc1C. The van der Waals surface area contributed by atoms with Crippen LogP contribution in [-0.4, -0.2) is 23.9 Å². The van der Waals surface area contributed by atoms with Crippen LogP contribution in [0.15, 0.2) is 18.2 Å². The Balaban J connectivity index is 3.06. The molecule has 0 heterocycles. The highest BCUT2D eigenvalue weighted by atomic mass is 16.2. The lowest BCUT2D eigenvalue weighted by Crippen LogP contribution is -2.30. The molecular formula is C14H17NO. The Kier molecular flexibility index (Phi) is 4.13. The van der Waals surface area contributed by atoms with Gasteiger partial charge in [-0.05, 0) is 38.5 Å². The van der Waals surface area contributed by atoms with E-state index in [1.165, 1.54) is 0 Å². The maximum Gasteiger partial charge on any atom is 0.253 e. The topological polar surface area (TPSA) is 20.3 Å². The minimum Gasteiger partial charge on any atom is -0.339 e. The van der Waals surface area contributed by atoms with Crippen molar-refractivity contribution >= 4 is 5.91 Å². The van der Waals surface area contributed by atoms with Crippen molar-refractivity contribution in [3.8, 4) is 12.3 Å². The van der Waals surface area contributed by atoms with Crippen LogP contribution in [0.1, 0.15) is 35.3 Å². The summed E-state index contributed by atoms with van der Waals surface area (Å²) in [6.07, 6.45) is 5.39. The molecule has 0 fully saturated rings. The number of aryl methyl sites for hydroxylation is 1. The molecule has 0 aliphatic heterocycles. The van der Waals surface area contributed by atoms with E-state index >= 15 is 0 Å². The minimum absolute atomic E-state index is 0.0431. The molecule has 0 atom stereocenters. The Morgan fingerprint density at radius 3 is 2.50 bits per heavy atom. The molecule has 0 aliphatic rings. The lowest BCUT2D eigenvalue weighted by Gasteiger charge is -2.18. The van der Waals surface area contributed by atoms with Crippen LogP contribution >= 0.6 is 0 Å². The van der Waals surface area contributed by atoms with E-state index in [2.05, 4.69) is 5.92 Å². The van der Waals surface area contributed by atoms with Gasteiger partial charge in [0.05, 0.1) is 0 Å². The van der Waals surface area contributed by atoms with E-state index in [9.17, 15) is 4.79 Å². The van der Waals surface area contributed by atoms with Crippen LogP contribution in [-0.2, 0) is 0 Å². The molecular weight excluding hydrogens is 198 g/mol. The van der Waals surface area contributed by atoms with Crippen molar-refractivity contribution in [1.29, 1.82) is 0 Å². The van der Waals surface area contributed by atoms with E-state index in [1.807, 2.05) is 32.9 Å². The lowest BCUT2D eigenvalue weighted by atomic mass is 10.0. The van der Waals surface area contributed by atoms with Crippen molar-refractivity contribution in [1.82, 2.24) is 4.90 Å². The number of rotatable bonds is 3. The molecule has 0 aromatic heterocycles. The number of carbonyl (C=O) groups excluding carboxylic acids is 1. The fourth-order valence-corrected chi connectivity index (χ4v) is 1.60. The number of benzene rings is 1. The van der Waals surface area contributed by atoms with Gasteiger partial charge in [0.2, 0.25) is 0 Å². The van der Waals surface area contributed by atoms with Gasteiger partial charge in [-0.15, -0.1) is 6.42 Å². The summed E-state index contributed by atoms with van der Waals surface area (Å²) >= 11 is 0. The standard InChI is InChI=1S/C14H17NO/c1-5-12-10-13(9-8-11(12)4)14(16)15(6-2)7-3/h1,8-10H,6-7H2,2-4H3. The highest BCUT2D eigenvalue weighted by Gasteiger charge is 2.12. The minimum atomic E-state index is 0.0431. The van der Waals surface area contributed by atoms with Crippen LogP contribution in [0, 0.1) is 19.3 Å². The second-order valence-corrected chi connectivity index (χ2v) is 3.65. The zero-order valence-corrected chi connectivity index (χ0v) is 10.1. The van der Waals surface area contributed by atoms with Crippen molar-refractivity contribution in [2.45, 2.75) is 20.8 Å². The van der Waals surface area contributed by atoms with E-state index in [4.69, 9.17) is 6.42 Å². The van der Waals surface area contributed by atoms with E-state index in [1.54, 1.807) is 11.0 Å². The molecule has 0 aliphatic carbocycles. The van der Waals surface area contributed by atoms with Gasteiger partial charge in [-0.3, -0.25) is 4.79 Å². The van der Waals surface area contributed by atoms with Gasteiger partial charge in [0.15, 0.2) is 0 Å². The maximum atomic E-state index is 12.0. The molecule has 0 unspecified atom stereocenters. The average Bonchev–Trinajstić information content (AvgIpc) is 2.31. The molecule has 2 heteroatoms. The lowest BCUT2D eigenvalue weighted by molar-refractivity contribution is 0.0773. The summed E-state index contributed by atoms with van der Waals surface area (Å²) in [7, 11) is 0. The number of terminal acetylenes is 1. The second-order valence-electron chi connectivity index (χ2n) is 3.65. The number of amides is 1. The van der Waals surface area contributed by atoms with Crippen molar-refractivity contribution < 1.29 is 4.79 Å². The Morgan fingerprint density at radius 2 is 2.00 bits per heavy atom. The van der Waals surface area contributed by atoms with Gasteiger partial charge in [0, 0.05) is 24.2 Å². The maximum absolute atomic E-state index is 12.0. The summed E-state index contributed by atoms with van der Waals surface area (Å²) in [6.45, 7) is 7.32. The van der Waals surface area contributed by atoms with Crippen molar-refractivity contribution in [3.05, 3.63) is 34.9 Å². The normalized spacial score (nSPS) is 9.62. The monoisotopic (exact) mass is 215 g/mol. The third kappa shape index (κ3) is 2.43. The molecule has 0 saturated carbocycles. The summed E-state index contributed by atoms with van der Waals surface area (Å²) in [5, 5.41) is 0. The van der Waals surface area contributed by atoms with Gasteiger partial charge in [0.1, 0.15) is 0 Å². The number of carbonyl (C=O) groups is 1. The summed E-state index contributed by atoms with van der Waals surface area (Å²) in [6, 6.07) is 5.51. The number of hydrogen-bond acceptors (Lipinski definition) is 1. The molecule has 0 bridgehead atoms. The largest absolute Gasteiger partial charge is 0.339 e. The van der Waals surface area contributed by atoms with Gasteiger partial charge in [-0.1, -0.05) is 12.0 Å². The van der Waals surface area contributed by atoms with Crippen molar-refractivity contribution in [2.24, 2.45) is 0 Å². The molecule has 0 spiro atoms. The molecule has 0 saturated heterocycles. The predicted molar refractivity (Wildman–Crippen MR) is 66.4 cm³/mol. The molecule has 1 aromatic rings. The summed E-state index contributed by atoms with van der Waals surface area (Å²) in [5.74, 6) is 2.64. The Bertz CT molecular complexity index is 425. The van der Waals surface area contributed by atoms with Crippen LogP contribution < -0.4 is 0 Å². The Labute approximate surface area is 97.3 Å². The smallest absolute Gasteiger partial charge is 0.253 e. The first-order chi connectivity index (χ1) is 7.63. The fraction of sp³-hybridized carbons (Fsp3) is 0.357. The van der Waals surface area contributed by atoms with Crippen LogP contribution in [0.25, 0.3) is 0 Å². The Morgan fingerprint density at radius 1 is 1.38 bits per heavy atom. The second kappa shape index (κ2) is 5.37. The predicted octanol–water partition coefficient (Wildman–Crippen LogP) is 2.46. The van der Waals surface area contributed by atoms with Crippen molar-refractivity contribution in [3.63, 3.8) is 0 Å². The van der Waals surface area contributed by atoms with Crippen LogP contribution in [0.2, 0.25) is 0 Å². The highest BCUT2D eigenvalue weighted by Crippen LogP contribution is 2.12. The number of hydrogen-bond donors (Lipinski definition) is 0. The molecule has 1 aromatic carbocycles. The molecule has 0 radical (unpaired) electrons.